The molecule has 3 nitrogen and oxygen atoms in total. The third-order valence-electron chi connectivity index (χ3n) is 2.96. The molecule has 1 atom stereocenters. The van der Waals surface area contributed by atoms with Crippen LogP contribution in [-0.4, -0.2) is 11.1 Å². The first-order valence-electron chi connectivity index (χ1n) is 6.51. The van der Waals surface area contributed by atoms with Gasteiger partial charge in [0.2, 0.25) is 0 Å². The number of aryl methyl sites for hydroxylation is 1. The summed E-state index contributed by atoms with van der Waals surface area (Å²) in [5.41, 5.74) is 9.33. The Kier molecular flexibility index (Phi) is 4.17. The van der Waals surface area contributed by atoms with E-state index in [2.05, 4.69) is 4.98 Å². The van der Waals surface area contributed by atoms with Crippen LogP contribution in [-0.2, 0) is 0 Å². The van der Waals surface area contributed by atoms with E-state index >= 15 is 0 Å². The first kappa shape index (κ1) is 13.6. The molecule has 2 aromatic rings. The summed E-state index contributed by atoms with van der Waals surface area (Å²) < 4.78 is 5.62. The second kappa shape index (κ2) is 5.85. The predicted octanol–water partition coefficient (Wildman–Crippen LogP) is 3.23. The van der Waals surface area contributed by atoms with Crippen molar-refractivity contribution in [2.75, 3.05) is 0 Å². The number of benzene rings is 1. The first-order valence-corrected chi connectivity index (χ1v) is 6.51. The Morgan fingerprint density at radius 3 is 2.37 bits per heavy atom. The van der Waals surface area contributed by atoms with Gasteiger partial charge in [-0.05, 0) is 50.1 Å². The van der Waals surface area contributed by atoms with E-state index in [-0.39, 0.29) is 12.1 Å². The third kappa shape index (κ3) is 3.32. The molecular weight excluding hydrogens is 236 g/mol. The van der Waals surface area contributed by atoms with Crippen LogP contribution in [0, 0.1) is 6.92 Å². The average Bonchev–Trinajstić information content (AvgIpc) is 2.39. The molecule has 2 N–H and O–H groups in total. The fourth-order valence-corrected chi connectivity index (χ4v) is 2.01. The largest absolute Gasteiger partial charge is 0.491 e. The number of hydrogen-bond donors (Lipinski definition) is 1. The van der Waals surface area contributed by atoms with Gasteiger partial charge in [0, 0.05) is 6.20 Å². The Labute approximate surface area is 114 Å². The first-order chi connectivity index (χ1) is 9.08. The zero-order chi connectivity index (χ0) is 13.8. The van der Waals surface area contributed by atoms with Crippen molar-refractivity contribution < 1.29 is 4.74 Å². The quantitative estimate of drug-likeness (QED) is 0.913. The highest BCUT2D eigenvalue weighted by Crippen LogP contribution is 2.23. The number of ether oxygens (including phenoxy) is 1. The second-order valence-corrected chi connectivity index (χ2v) is 4.92. The predicted molar refractivity (Wildman–Crippen MR) is 77.2 cm³/mol. The molecule has 0 bridgehead atoms. The van der Waals surface area contributed by atoms with Crippen molar-refractivity contribution in [2.45, 2.75) is 32.9 Å². The number of nitrogens with two attached hydrogens (primary N) is 1. The number of rotatable bonds is 4. The fourth-order valence-electron chi connectivity index (χ4n) is 2.01. The summed E-state index contributed by atoms with van der Waals surface area (Å²) in [7, 11) is 0. The maximum Gasteiger partial charge on any atom is 0.119 e. The highest BCUT2D eigenvalue weighted by molar-refractivity contribution is 5.35. The monoisotopic (exact) mass is 256 g/mol. The SMILES string of the molecule is Cc1cccnc1C(N)c1ccc(OC(C)C)cc1. The van der Waals surface area contributed by atoms with Crippen LogP contribution < -0.4 is 10.5 Å². The minimum atomic E-state index is -0.200. The molecule has 1 unspecified atom stereocenters. The van der Waals surface area contributed by atoms with Crippen molar-refractivity contribution in [3.8, 4) is 5.75 Å². The highest BCUT2D eigenvalue weighted by Gasteiger charge is 2.12. The lowest BCUT2D eigenvalue weighted by atomic mass is 10.0. The van der Waals surface area contributed by atoms with Gasteiger partial charge < -0.3 is 10.5 Å². The van der Waals surface area contributed by atoms with Crippen LogP contribution in [0.15, 0.2) is 42.6 Å². The fraction of sp³-hybridized carbons (Fsp3) is 0.312. The van der Waals surface area contributed by atoms with Gasteiger partial charge in [0.1, 0.15) is 5.75 Å². The van der Waals surface area contributed by atoms with Gasteiger partial charge in [0.25, 0.3) is 0 Å². The maximum absolute atomic E-state index is 6.27. The Balaban J connectivity index is 2.20. The summed E-state index contributed by atoms with van der Waals surface area (Å²) in [5, 5.41) is 0. The summed E-state index contributed by atoms with van der Waals surface area (Å²) in [6.07, 6.45) is 1.95. The lowest BCUT2D eigenvalue weighted by Crippen LogP contribution is -2.15. The summed E-state index contributed by atoms with van der Waals surface area (Å²) in [6, 6.07) is 11.6. The van der Waals surface area contributed by atoms with E-state index in [9.17, 15) is 0 Å². The molecule has 100 valence electrons. The molecule has 0 saturated heterocycles. The molecule has 0 aliphatic rings. The molecule has 1 aromatic carbocycles. The normalized spacial score (nSPS) is 12.5. The third-order valence-corrected chi connectivity index (χ3v) is 2.96. The summed E-state index contributed by atoms with van der Waals surface area (Å²) >= 11 is 0. The van der Waals surface area contributed by atoms with Crippen LogP contribution in [0.3, 0.4) is 0 Å². The van der Waals surface area contributed by atoms with E-state index in [4.69, 9.17) is 10.5 Å². The summed E-state index contributed by atoms with van der Waals surface area (Å²) in [4.78, 5) is 4.37. The van der Waals surface area contributed by atoms with Crippen molar-refractivity contribution in [2.24, 2.45) is 5.73 Å². The van der Waals surface area contributed by atoms with E-state index in [0.29, 0.717) is 0 Å². The lowest BCUT2D eigenvalue weighted by molar-refractivity contribution is 0.242. The van der Waals surface area contributed by atoms with Crippen LogP contribution in [0.5, 0.6) is 5.75 Å². The van der Waals surface area contributed by atoms with Crippen LogP contribution in [0.25, 0.3) is 0 Å². The van der Waals surface area contributed by atoms with Crippen LogP contribution in [0.1, 0.15) is 36.7 Å². The average molecular weight is 256 g/mol. The van der Waals surface area contributed by atoms with Crippen molar-refractivity contribution in [1.82, 2.24) is 4.98 Å². The molecule has 0 radical (unpaired) electrons. The molecule has 1 heterocycles. The van der Waals surface area contributed by atoms with E-state index < -0.39 is 0 Å². The van der Waals surface area contributed by atoms with Crippen LogP contribution >= 0.6 is 0 Å². The summed E-state index contributed by atoms with van der Waals surface area (Å²) in [5.74, 6) is 0.865. The van der Waals surface area contributed by atoms with Gasteiger partial charge in [-0.15, -0.1) is 0 Å². The van der Waals surface area contributed by atoms with Crippen molar-refractivity contribution in [1.29, 1.82) is 0 Å². The number of nitrogens with zero attached hydrogens (tertiary/aromatic N) is 1. The Morgan fingerprint density at radius 2 is 1.79 bits per heavy atom. The van der Waals surface area contributed by atoms with E-state index in [1.807, 2.05) is 57.2 Å². The zero-order valence-corrected chi connectivity index (χ0v) is 11.6. The molecular formula is C16H20N2O. The van der Waals surface area contributed by atoms with Gasteiger partial charge in [-0.1, -0.05) is 18.2 Å². The molecule has 3 heteroatoms. The van der Waals surface area contributed by atoms with Gasteiger partial charge in [-0.2, -0.15) is 0 Å². The van der Waals surface area contributed by atoms with Gasteiger partial charge in [-0.3, -0.25) is 4.98 Å². The summed E-state index contributed by atoms with van der Waals surface area (Å²) in [6.45, 7) is 6.05. The molecule has 0 saturated carbocycles. The smallest absolute Gasteiger partial charge is 0.119 e. The van der Waals surface area contributed by atoms with Crippen LogP contribution in [0.4, 0.5) is 0 Å². The van der Waals surface area contributed by atoms with Crippen molar-refractivity contribution in [3.63, 3.8) is 0 Å². The Hall–Kier alpha value is -1.87. The topological polar surface area (TPSA) is 48.1 Å². The van der Waals surface area contributed by atoms with E-state index in [1.54, 1.807) is 6.20 Å². The van der Waals surface area contributed by atoms with Gasteiger partial charge in [0.05, 0.1) is 17.8 Å². The van der Waals surface area contributed by atoms with E-state index in [1.165, 1.54) is 0 Å². The van der Waals surface area contributed by atoms with Crippen molar-refractivity contribution in [3.05, 3.63) is 59.4 Å². The highest BCUT2D eigenvalue weighted by atomic mass is 16.5. The Bertz CT molecular complexity index is 535. The Morgan fingerprint density at radius 1 is 1.11 bits per heavy atom. The molecule has 0 fully saturated rings. The van der Waals surface area contributed by atoms with E-state index in [0.717, 1.165) is 22.6 Å². The number of hydrogen-bond acceptors (Lipinski definition) is 3. The molecule has 0 aliphatic heterocycles. The molecule has 2 rings (SSSR count). The minimum absolute atomic E-state index is 0.178. The van der Waals surface area contributed by atoms with Crippen molar-refractivity contribution >= 4 is 0 Å². The molecule has 0 amide bonds. The standard InChI is InChI=1S/C16H20N2O/c1-11(2)19-14-8-6-13(7-9-14)15(17)16-12(3)5-4-10-18-16/h4-11,15H,17H2,1-3H3. The lowest BCUT2D eigenvalue weighted by Gasteiger charge is -2.15. The number of pyridine rings is 1. The zero-order valence-electron chi connectivity index (χ0n) is 11.6. The van der Waals surface area contributed by atoms with Gasteiger partial charge in [-0.25, -0.2) is 0 Å². The minimum Gasteiger partial charge on any atom is -0.491 e. The molecule has 1 aromatic heterocycles. The number of aromatic nitrogens is 1. The van der Waals surface area contributed by atoms with Gasteiger partial charge >= 0.3 is 0 Å². The molecule has 19 heavy (non-hydrogen) atoms. The maximum atomic E-state index is 6.27. The van der Waals surface area contributed by atoms with Crippen LogP contribution in [0.2, 0.25) is 0 Å². The second-order valence-electron chi connectivity index (χ2n) is 4.92. The molecule has 0 spiro atoms. The molecule has 0 aliphatic carbocycles. The van der Waals surface area contributed by atoms with Gasteiger partial charge in [0.15, 0.2) is 0 Å².